The molecular weight excluding hydrogens is 396 g/mol. The Balaban J connectivity index is 1.28. The Bertz CT molecular complexity index is 1230. The van der Waals surface area contributed by atoms with Gasteiger partial charge in [0, 0.05) is 44.3 Å². The highest BCUT2D eigenvalue weighted by molar-refractivity contribution is 5.92. The maximum absolute atomic E-state index is 5.82. The smallest absolute Gasteiger partial charge is 0.123 e. The van der Waals surface area contributed by atoms with Gasteiger partial charge in [0.2, 0.25) is 0 Å². The summed E-state index contributed by atoms with van der Waals surface area (Å²) in [5.74, 6) is 0.519. The Morgan fingerprint density at radius 3 is 2.50 bits per heavy atom. The second-order valence-electron chi connectivity index (χ2n) is 8.49. The molecule has 3 heterocycles. The van der Waals surface area contributed by atoms with Gasteiger partial charge in [0.1, 0.15) is 5.82 Å². The van der Waals surface area contributed by atoms with Crippen molar-refractivity contribution in [2.75, 3.05) is 39.0 Å². The van der Waals surface area contributed by atoms with Gasteiger partial charge in [-0.05, 0) is 59.6 Å². The molecule has 0 unspecified atom stereocenters. The summed E-state index contributed by atoms with van der Waals surface area (Å²) >= 11 is 0. The number of likely N-dealkylation sites (N-methyl/N-ethyl adjacent to an activating group) is 1. The first-order chi connectivity index (χ1) is 15.6. The number of hydrogen-bond donors (Lipinski definition) is 2. The molecule has 0 radical (unpaired) electrons. The van der Waals surface area contributed by atoms with E-state index in [1.807, 2.05) is 12.1 Å². The van der Waals surface area contributed by atoms with Crippen molar-refractivity contribution >= 4 is 28.9 Å². The first-order valence-corrected chi connectivity index (χ1v) is 11.0. The van der Waals surface area contributed by atoms with Crippen LogP contribution in [0.3, 0.4) is 0 Å². The van der Waals surface area contributed by atoms with Crippen LogP contribution in [0.25, 0.3) is 34.2 Å². The number of benzene rings is 2. The van der Waals surface area contributed by atoms with Crippen molar-refractivity contribution in [3.05, 3.63) is 77.6 Å². The number of nitrogens with two attached hydrogens (primary N) is 1. The molecule has 6 heteroatoms. The molecule has 0 amide bonds. The van der Waals surface area contributed by atoms with E-state index in [9.17, 15) is 0 Å². The van der Waals surface area contributed by atoms with Gasteiger partial charge in [0.15, 0.2) is 0 Å². The maximum atomic E-state index is 5.82. The van der Waals surface area contributed by atoms with Crippen molar-refractivity contribution in [1.29, 1.82) is 0 Å². The Hall–Kier alpha value is -3.48. The third-order valence-corrected chi connectivity index (χ3v) is 6.12. The van der Waals surface area contributed by atoms with Crippen molar-refractivity contribution in [3.8, 4) is 11.1 Å². The van der Waals surface area contributed by atoms with Crippen LogP contribution in [-0.2, 0) is 6.54 Å². The van der Waals surface area contributed by atoms with Crippen molar-refractivity contribution in [3.63, 3.8) is 0 Å². The molecule has 1 aliphatic rings. The van der Waals surface area contributed by atoms with Crippen molar-refractivity contribution < 1.29 is 0 Å². The van der Waals surface area contributed by atoms with Crippen LogP contribution in [0.5, 0.6) is 0 Å². The summed E-state index contributed by atoms with van der Waals surface area (Å²) in [7, 11) is 2.19. The highest BCUT2D eigenvalue weighted by atomic mass is 15.2. The van der Waals surface area contributed by atoms with E-state index in [0.717, 1.165) is 60.4 Å². The summed E-state index contributed by atoms with van der Waals surface area (Å²) in [5, 5.41) is 8.75. The van der Waals surface area contributed by atoms with Gasteiger partial charge >= 0.3 is 0 Å². The van der Waals surface area contributed by atoms with Gasteiger partial charge in [-0.2, -0.15) is 5.10 Å². The molecule has 2 aromatic carbocycles. The third-order valence-electron chi connectivity index (χ3n) is 6.12. The largest absolute Gasteiger partial charge is 0.384 e. The van der Waals surface area contributed by atoms with Crippen LogP contribution in [0.1, 0.15) is 16.8 Å². The maximum Gasteiger partial charge on any atom is 0.123 e. The highest BCUT2D eigenvalue weighted by Gasteiger charge is 2.13. The van der Waals surface area contributed by atoms with Gasteiger partial charge in [0.05, 0.1) is 11.2 Å². The zero-order valence-electron chi connectivity index (χ0n) is 18.3. The summed E-state index contributed by atoms with van der Waals surface area (Å²) in [6.45, 7) is 5.60. The third kappa shape index (κ3) is 4.56. The lowest BCUT2D eigenvalue weighted by molar-refractivity contribution is 0.148. The molecule has 0 atom stereocenters. The second kappa shape index (κ2) is 8.94. The van der Waals surface area contributed by atoms with E-state index in [1.165, 1.54) is 11.1 Å². The summed E-state index contributed by atoms with van der Waals surface area (Å²) in [5.41, 5.74) is 12.4. The fourth-order valence-electron chi connectivity index (χ4n) is 4.15. The summed E-state index contributed by atoms with van der Waals surface area (Å²) in [6, 6.07) is 19.0. The molecule has 0 bridgehead atoms. The molecule has 2 aromatic heterocycles. The van der Waals surface area contributed by atoms with Gasteiger partial charge in [-0.1, -0.05) is 36.4 Å². The predicted molar refractivity (Wildman–Crippen MR) is 132 cm³/mol. The van der Waals surface area contributed by atoms with E-state index in [1.54, 1.807) is 6.20 Å². The molecule has 0 spiro atoms. The van der Waals surface area contributed by atoms with E-state index >= 15 is 0 Å². The SMILES string of the molecule is CN1CCN(Cc2ccc(C=Cc3n[nH]c4cc(-c5ccnc(N)c5)ccc34)cc2)CC1. The number of pyridine rings is 1. The Morgan fingerprint density at radius 2 is 1.72 bits per heavy atom. The molecule has 1 saturated heterocycles. The lowest BCUT2D eigenvalue weighted by Crippen LogP contribution is -2.43. The van der Waals surface area contributed by atoms with E-state index < -0.39 is 0 Å². The lowest BCUT2D eigenvalue weighted by atomic mass is 10.0. The Labute approximate surface area is 188 Å². The Kier molecular flexibility index (Phi) is 5.71. The van der Waals surface area contributed by atoms with Gasteiger partial charge in [-0.25, -0.2) is 4.98 Å². The molecule has 0 saturated carbocycles. The van der Waals surface area contributed by atoms with Crippen molar-refractivity contribution in [2.24, 2.45) is 0 Å². The van der Waals surface area contributed by atoms with Crippen LogP contribution in [0.4, 0.5) is 5.82 Å². The quantitative estimate of drug-likeness (QED) is 0.504. The molecule has 1 aliphatic heterocycles. The highest BCUT2D eigenvalue weighted by Crippen LogP contribution is 2.26. The number of rotatable bonds is 5. The van der Waals surface area contributed by atoms with E-state index in [2.05, 4.69) is 86.6 Å². The predicted octanol–water partition coefficient (Wildman–Crippen LogP) is 4.12. The molecule has 3 N–H and O–H groups in total. The molecule has 4 aromatic rings. The fraction of sp³-hybridized carbons (Fsp3) is 0.231. The van der Waals surface area contributed by atoms with Crippen molar-refractivity contribution in [2.45, 2.75) is 6.54 Å². The van der Waals surface area contributed by atoms with Crippen LogP contribution < -0.4 is 5.73 Å². The minimum absolute atomic E-state index is 0.519. The van der Waals surface area contributed by atoms with Crippen molar-refractivity contribution in [1.82, 2.24) is 25.0 Å². The number of aromatic nitrogens is 3. The minimum Gasteiger partial charge on any atom is -0.384 e. The molecule has 1 fully saturated rings. The average molecular weight is 425 g/mol. The first-order valence-electron chi connectivity index (χ1n) is 11.0. The number of nitrogen functional groups attached to an aromatic ring is 1. The van der Waals surface area contributed by atoms with E-state index in [0.29, 0.717) is 5.82 Å². The number of piperazine rings is 1. The molecule has 0 aliphatic carbocycles. The molecule has 32 heavy (non-hydrogen) atoms. The normalized spacial score (nSPS) is 15.7. The van der Waals surface area contributed by atoms with Gasteiger partial charge < -0.3 is 10.6 Å². The molecule has 162 valence electrons. The number of anilines is 1. The average Bonchev–Trinajstić information content (AvgIpc) is 3.22. The van der Waals surface area contributed by atoms with Crippen LogP contribution in [0, 0.1) is 0 Å². The number of fused-ring (bicyclic) bond motifs is 1. The first kappa shape index (κ1) is 20.4. The summed E-state index contributed by atoms with van der Waals surface area (Å²) in [4.78, 5) is 8.98. The Morgan fingerprint density at radius 1 is 0.938 bits per heavy atom. The topological polar surface area (TPSA) is 74.1 Å². The number of nitrogens with zero attached hydrogens (tertiary/aromatic N) is 4. The zero-order valence-corrected chi connectivity index (χ0v) is 18.3. The van der Waals surface area contributed by atoms with Gasteiger partial charge in [0.25, 0.3) is 0 Å². The minimum atomic E-state index is 0.519. The van der Waals surface area contributed by atoms with E-state index in [-0.39, 0.29) is 0 Å². The number of H-pyrrole nitrogens is 1. The summed E-state index contributed by atoms with van der Waals surface area (Å²) < 4.78 is 0. The monoisotopic (exact) mass is 424 g/mol. The van der Waals surface area contributed by atoms with E-state index in [4.69, 9.17) is 5.73 Å². The molecule has 6 nitrogen and oxygen atoms in total. The fourth-order valence-corrected chi connectivity index (χ4v) is 4.15. The second-order valence-corrected chi connectivity index (χ2v) is 8.49. The van der Waals surface area contributed by atoms with Crippen LogP contribution in [0.15, 0.2) is 60.8 Å². The zero-order chi connectivity index (χ0) is 21.9. The number of hydrogen-bond acceptors (Lipinski definition) is 5. The number of aromatic amines is 1. The molecular formula is C26H28N6. The van der Waals surface area contributed by atoms with Gasteiger partial charge in [-0.3, -0.25) is 10.00 Å². The van der Waals surface area contributed by atoms with Crippen LogP contribution >= 0.6 is 0 Å². The molecule has 5 rings (SSSR count). The van der Waals surface area contributed by atoms with Gasteiger partial charge in [-0.15, -0.1) is 0 Å². The standard InChI is InChI=1S/C26H28N6/c1-31-12-14-32(15-13-31)18-20-4-2-19(3-5-20)6-9-24-23-8-7-21(16-25(23)30-29-24)22-10-11-28-26(27)17-22/h2-11,16-17H,12-15,18H2,1H3,(H2,27,28)(H,29,30). The lowest BCUT2D eigenvalue weighted by Gasteiger charge is -2.32. The van der Waals surface area contributed by atoms with Crippen LogP contribution in [0.2, 0.25) is 0 Å². The number of nitrogens with one attached hydrogen (secondary N) is 1. The summed E-state index contributed by atoms with van der Waals surface area (Å²) in [6.07, 6.45) is 5.91. The van der Waals surface area contributed by atoms with Crippen LogP contribution in [-0.4, -0.2) is 58.2 Å².